The first-order chi connectivity index (χ1) is 19.2. The molecule has 2 aromatic carbocycles. The number of benzene rings is 2. The van der Waals surface area contributed by atoms with Gasteiger partial charge in [-0.2, -0.15) is 0 Å². The molecule has 224 valence electrons. The summed E-state index contributed by atoms with van der Waals surface area (Å²) in [6, 6.07) is 13.0. The van der Waals surface area contributed by atoms with Gasteiger partial charge in [0.15, 0.2) is 0 Å². The minimum Gasteiger partial charge on any atom is -0.478 e. The van der Waals surface area contributed by atoms with Crippen LogP contribution in [0.1, 0.15) is 124 Å². The van der Waals surface area contributed by atoms with E-state index in [9.17, 15) is 9.59 Å². The summed E-state index contributed by atoms with van der Waals surface area (Å²) in [6.07, 6.45) is 20.4. The largest absolute Gasteiger partial charge is 0.478 e. The van der Waals surface area contributed by atoms with Crippen LogP contribution in [-0.4, -0.2) is 53.8 Å². The molecule has 0 aliphatic heterocycles. The lowest BCUT2D eigenvalue weighted by molar-refractivity contribution is -0.888. The molecule has 0 bridgehead atoms. The summed E-state index contributed by atoms with van der Waals surface area (Å²) in [5.74, 6) is -2.06. The normalized spacial score (nSPS) is 11.1. The van der Waals surface area contributed by atoms with Gasteiger partial charge in [-0.3, -0.25) is 0 Å². The van der Waals surface area contributed by atoms with Crippen LogP contribution >= 0.6 is 11.8 Å². The van der Waals surface area contributed by atoms with Crippen LogP contribution in [0, 0.1) is 0 Å². The molecule has 0 amide bonds. The van der Waals surface area contributed by atoms with E-state index in [1.807, 2.05) is 0 Å². The highest BCUT2D eigenvalue weighted by Gasteiger charge is 2.14. The summed E-state index contributed by atoms with van der Waals surface area (Å²) in [5.41, 5.74) is 0.320. The smallest absolute Gasteiger partial charge is 0.336 e. The standard InChI is InChI=1S/C20H44N.C14H10O4S/c1-5-7-8-9-10-11-12-13-14-15-16-17-18-19-20-21(3,4)6-2;15-13(16)9-5-1-3-7-11(9)19-12-8-4-2-6-10(12)14(17)18/h5-20H2,1-4H3;1-8H,(H,15,16)(H,17,18)/q+1;. The van der Waals surface area contributed by atoms with Gasteiger partial charge in [-0.1, -0.05) is 120 Å². The molecule has 0 heterocycles. The number of hydrogen-bond acceptors (Lipinski definition) is 3. The van der Waals surface area contributed by atoms with Crippen molar-refractivity contribution >= 4 is 23.7 Å². The molecule has 0 saturated heterocycles. The van der Waals surface area contributed by atoms with Gasteiger partial charge in [0.2, 0.25) is 0 Å². The quantitative estimate of drug-likeness (QED) is 0.122. The van der Waals surface area contributed by atoms with Crippen molar-refractivity contribution in [2.75, 3.05) is 27.2 Å². The van der Waals surface area contributed by atoms with E-state index < -0.39 is 11.9 Å². The highest BCUT2D eigenvalue weighted by molar-refractivity contribution is 7.99. The summed E-state index contributed by atoms with van der Waals surface area (Å²) in [6.45, 7) is 7.21. The van der Waals surface area contributed by atoms with E-state index in [0.29, 0.717) is 9.79 Å². The van der Waals surface area contributed by atoms with E-state index in [0.717, 1.165) is 11.8 Å². The van der Waals surface area contributed by atoms with Gasteiger partial charge in [0.05, 0.1) is 38.3 Å². The van der Waals surface area contributed by atoms with E-state index in [-0.39, 0.29) is 11.1 Å². The number of carboxylic acids is 2. The number of quaternary nitrogens is 1. The zero-order chi connectivity index (χ0) is 29.6. The minimum absolute atomic E-state index is 0.160. The van der Waals surface area contributed by atoms with Crippen molar-refractivity contribution in [2.45, 2.75) is 114 Å². The third-order valence-corrected chi connectivity index (χ3v) is 8.58. The Labute approximate surface area is 248 Å². The van der Waals surface area contributed by atoms with Crippen LogP contribution in [0.15, 0.2) is 58.3 Å². The molecule has 6 heteroatoms. The average Bonchev–Trinajstić information content (AvgIpc) is 2.94. The first-order valence-electron chi connectivity index (χ1n) is 15.4. The molecule has 0 atom stereocenters. The molecule has 2 aromatic rings. The molecule has 0 aliphatic carbocycles. The van der Waals surface area contributed by atoms with Gasteiger partial charge in [0, 0.05) is 9.79 Å². The maximum absolute atomic E-state index is 11.1. The van der Waals surface area contributed by atoms with Crippen molar-refractivity contribution in [3.05, 3.63) is 59.7 Å². The highest BCUT2D eigenvalue weighted by atomic mass is 32.2. The van der Waals surface area contributed by atoms with E-state index in [4.69, 9.17) is 10.2 Å². The Balaban J connectivity index is 0.000000401. The molecule has 0 saturated carbocycles. The van der Waals surface area contributed by atoms with Gasteiger partial charge in [-0.15, -0.1) is 0 Å². The van der Waals surface area contributed by atoms with Crippen molar-refractivity contribution < 1.29 is 24.3 Å². The number of hydrogen-bond donors (Lipinski definition) is 2. The zero-order valence-corrected chi connectivity index (χ0v) is 26.3. The van der Waals surface area contributed by atoms with Crippen LogP contribution in [0.5, 0.6) is 0 Å². The van der Waals surface area contributed by atoms with Crippen LogP contribution in [0.2, 0.25) is 0 Å². The monoisotopic (exact) mass is 572 g/mol. The summed E-state index contributed by atoms with van der Waals surface area (Å²) < 4.78 is 1.19. The fourth-order valence-corrected chi connectivity index (χ4v) is 5.54. The number of carbonyl (C=O) groups is 2. The maximum atomic E-state index is 11.1. The fourth-order valence-electron chi connectivity index (χ4n) is 4.48. The lowest BCUT2D eigenvalue weighted by atomic mass is 10.0. The number of carboxylic acid groups (broad SMARTS) is 2. The molecule has 0 aromatic heterocycles. The molecule has 0 unspecified atom stereocenters. The fraction of sp³-hybridized carbons (Fsp3) is 0.588. The third kappa shape index (κ3) is 16.1. The van der Waals surface area contributed by atoms with Crippen LogP contribution in [0.3, 0.4) is 0 Å². The molecule has 0 spiro atoms. The zero-order valence-electron chi connectivity index (χ0n) is 25.5. The third-order valence-electron chi connectivity index (χ3n) is 7.43. The molecular formula is C34H54NO4S+. The second kappa shape index (κ2) is 21.4. The lowest BCUT2D eigenvalue weighted by Crippen LogP contribution is -2.39. The Bertz CT molecular complexity index is 920. The minimum atomic E-state index is -1.03. The van der Waals surface area contributed by atoms with Gasteiger partial charge in [-0.05, 0) is 44.0 Å². The summed E-state index contributed by atoms with van der Waals surface area (Å²) in [5, 5.41) is 18.2. The Morgan fingerprint density at radius 2 is 0.950 bits per heavy atom. The second-order valence-electron chi connectivity index (χ2n) is 11.3. The maximum Gasteiger partial charge on any atom is 0.336 e. The van der Waals surface area contributed by atoms with E-state index >= 15 is 0 Å². The predicted octanol–water partition coefficient (Wildman–Crippen LogP) is 9.80. The van der Waals surface area contributed by atoms with Crippen molar-refractivity contribution in [2.24, 2.45) is 0 Å². The molecule has 0 fully saturated rings. The molecule has 2 rings (SSSR count). The van der Waals surface area contributed by atoms with Crippen LogP contribution in [0.25, 0.3) is 0 Å². The van der Waals surface area contributed by atoms with Gasteiger partial charge < -0.3 is 14.7 Å². The molecule has 0 radical (unpaired) electrons. The Hall–Kier alpha value is -2.31. The van der Waals surface area contributed by atoms with Gasteiger partial charge in [0.1, 0.15) is 0 Å². The molecule has 0 aliphatic rings. The lowest BCUT2D eigenvalue weighted by Gasteiger charge is -2.28. The predicted molar refractivity (Wildman–Crippen MR) is 169 cm³/mol. The summed E-state index contributed by atoms with van der Waals surface area (Å²) in [7, 11) is 4.70. The summed E-state index contributed by atoms with van der Waals surface area (Å²) in [4.78, 5) is 23.2. The molecule has 2 N–H and O–H groups in total. The van der Waals surface area contributed by atoms with Crippen molar-refractivity contribution in [1.82, 2.24) is 0 Å². The summed E-state index contributed by atoms with van der Waals surface area (Å²) >= 11 is 1.14. The van der Waals surface area contributed by atoms with Crippen molar-refractivity contribution in [3.8, 4) is 0 Å². The van der Waals surface area contributed by atoms with Gasteiger partial charge in [0.25, 0.3) is 0 Å². The number of aromatic carboxylic acids is 2. The number of unbranched alkanes of at least 4 members (excludes halogenated alkanes) is 13. The van der Waals surface area contributed by atoms with Gasteiger partial charge >= 0.3 is 11.9 Å². The SMILES string of the molecule is CCCCCCCCCCCCCCCC[N+](C)(C)CC.O=C(O)c1ccccc1Sc1ccccc1C(=O)O. The Morgan fingerprint density at radius 1 is 0.600 bits per heavy atom. The first kappa shape index (κ1) is 35.7. The number of nitrogens with zero attached hydrogens (tertiary/aromatic N) is 1. The topological polar surface area (TPSA) is 74.6 Å². The van der Waals surface area contributed by atoms with Crippen LogP contribution in [-0.2, 0) is 0 Å². The molecule has 40 heavy (non-hydrogen) atoms. The van der Waals surface area contributed by atoms with Crippen LogP contribution < -0.4 is 0 Å². The van der Waals surface area contributed by atoms with E-state index in [1.165, 1.54) is 120 Å². The molecular weight excluding hydrogens is 518 g/mol. The van der Waals surface area contributed by atoms with Crippen LogP contribution in [0.4, 0.5) is 0 Å². The van der Waals surface area contributed by atoms with Crippen molar-refractivity contribution in [1.29, 1.82) is 0 Å². The number of rotatable bonds is 20. The Kier molecular flexibility index (Phi) is 19.1. The first-order valence-corrected chi connectivity index (χ1v) is 16.2. The van der Waals surface area contributed by atoms with Gasteiger partial charge in [-0.25, -0.2) is 9.59 Å². The van der Waals surface area contributed by atoms with E-state index in [1.54, 1.807) is 36.4 Å². The highest BCUT2D eigenvalue weighted by Crippen LogP contribution is 2.32. The average molecular weight is 573 g/mol. The molecule has 5 nitrogen and oxygen atoms in total. The second-order valence-corrected chi connectivity index (χ2v) is 12.4. The van der Waals surface area contributed by atoms with Crippen molar-refractivity contribution in [3.63, 3.8) is 0 Å². The van der Waals surface area contributed by atoms with E-state index in [2.05, 4.69) is 27.9 Å². The Morgan fingerprint density at radius 3 is 1.30 bits per heavy atom.